The van der Waals surface area contributed by atoms with Crippen LogP contribution in [0.25, 0.3) is 5.76 Å². The van der Waals surface area contributed by atoms with Gasteiger partial charge in [0.05, 0.1) is 12.0 Å². The van der Waals surface area contributed by atoms with Crippen LogP contribution in [0.5, 0.6) is 0 Å². The van der Waals surface area contributed by atoms with E-state index in [4.69, 9.17) is 9.47 Å². The molecule has 0 radical (unpaired) electrons. The highest BCUT2D eigenvalue weighted by Crippen LogP contribution is 2.22. The van der Waals surface area contributed by atoms with Crippen molar-refractivity contribution in [1.82, 2.24) is 0 Å². The molecule has 0 aromatic heterocycles. The summed E-state index contributed by atoms with van der Waals surface area (Å²) in [6, 6.07) is 6.17. The molecule has 0 aliphatic carbocycles. The molecule has 0 fully saturated rings. The number of benzene rings is 1. The van der Waals surface area contributed by atoms with Crippen molar-refractivity contribution in [3.8, 4) is 0 Å². The van der Waals surface area contributed by atoms with Gasteiger partial charge >= 0.3 is 0 Å². The van der Waals surface area contributed by atoms with Gasteiger partial charge in [-0.15, -0.1) is 0 Å². The first kappa shape index (κ1) is 11.0. The summed E-state index contributed by atoms with van der Waals surface area (Å²) in [5.41, 5.74) is 0.757. The lowest BCUT2D eigenvalue weighted by Gasteiger charge is -2.03. The van der Waals surface area contributed by atoms with Crippen LogP contribution in [0.15, 0.2) is 35.4 Å². The molecule has 0 spiro atoms. The molecule has 16 heavy (non-hydrogen) atoms. The van der Waals surface area contributed by atoms with E-state index < -0.39 is 10.1 Å². The van der Waals surface area contributed by atoms with E-state index in [0.29, 0.717) is 5.76 Å². The molecule has 0 atom stereocenters. The second kappa shape index (κ2) is 4.15. The number of hydrogen-bond donors (Lipinski definition) is 0. The van der Waals surface area contributed by atoms with Crippen molar-refractivity contribution in [3.05, 3.63) is 36.1 Å². The summed E-state index contributed by atoms with van der Waals surface area (Å²) < 4.78 is 37.1. The van der Waals surface area contributed by atoms with E-state index in [2.05, 4.69) is 4.18 Å². The third kappa shape index (κ3) is 2.02. The highest BCUT2D eigenvalue weighted by Gasteiger charge is 2.14. The second-order valence-electron chi connectivity index (χ2n) is 3.06. The van der Waals surface area contributed by atoms with Gasteiger partial charge in [-0.1, -0.05) is 0 Å². The Hall–Kier alpha value is -1.53. The van der Waals surface area contributed by atoms with Crippen molar-refractivity contribution in [1.29, 1.82) is 0 Å². The lowest BCUT2D eigenvalue weighted by molar-refractivity contribution is 0.100. The molecule has 1 heterocycles. The van der Waals surface area contributed by atoms with Crippen LogP contribution < -0.4 is 0 Å². The molecule has 1 aromatic carbocycles. The molecule has 0 bridgehead atoms. The van der Waals surface area contributed by atoms with Crippen molar-refractivity contribution < 1.29 is 22.1 Å². The molecule has 5 nitrogen and oxygen atoms in total. The van der Waals surface area contributed by atoms with Crippen LogP contribution in [-0.4, -0.2) is 22.3 Å². The predicted octanol–water partition coefficient (Wildman–Crippen LogP) is 1.32. The van der Waals surface area contributed by atoms with Crippen molar-refractivity contribution in [2.24, 2.45) is 0 Å². The number of rotatable bonds is 3. The Morgan fingerprint density at radius 1 is 1.25 bits per heavy atom. The van der Waals surface area contributed by atoms with Crippen LogP contribution in [0.1, 0.15) is 5.56 Å². The van der Waals surface area contributed by atoms with Crippen LogP contribution in [0.4, 0.5) is 0 Å². The summed E-state index contributed by atoms with van der Waals surface area (Å²) in [5, 5.41) is 0. The Balaban J connectivity index is 2.29. The van der Waals surface area contributed by atoms with Gasteiger partial charge in [-0.05, 0) is 24.3 Å². The molecule has 6 heteroatoms. The summed E-state index contributed by atoms with van der Waals surface area (Å²) in [6.07, 6.45) is 1.49. The quantitative estimate of drug-likeness (QED) is 0.748. The summed E-state index contributed by atoms with van der Waals surface area (Å²) in [6.45, 7) is 0.188. The summed E-state index contributed by atoms with van der Waals surface area (Å²) >= 11 is 0. The fraction of sp³-hybridized carbons (Fsp3) is 0.200. The van der Waals surface area contributed by atoms with E-state index in [9.17, 15) is 8.42 Å². The topological polar surface area (TPSA) is 61.8 Å². The van der Waals surface area contributed by atoms with Crippen molar-refractivity contribution in [2.75, 3.05) is 13.9 Å². The van der Waals surface area contributed by atoms with Gasteiger partial charge in [-0.2, -0.15) is 8.42 Å². The molecule has 1 aliphatic rings. The Morgan fingerprint density at radius 2 is 1.94 bits per heavy atom. The standard InChI is InChI=1S/C10H10O5S/c1-13-16(11,12)9-4-2-8(3-5-9)10-6-14-7-15-10/h2-6H,7H2,1H3. The van der Waals surface area contributed by atoms with Crippen molar-refractivity contribution >= 4 is 15.9 Å². The molecule has 0 N–H and O–H groups in total. The molecule has 86 valence electrons. The minimum absolute atomic E-state index is 0.110. The first-order valence-corrected chi connectivity index (χ1v) is 5.90. The number of ether oxygens (including phenoxy) is 2. The maximum Gasteiger partial charge on any atom is 0.296 e. The van der Waals surface area contributed by atoms with E-state index in [1.54, 1.807) is 12.1 Å². The summed E-state index contributed by atoms with van der Waals surface area (Å²) in [5.74, 6) is 0.585. The molecule has 0 saturated heterocycles. The predicted molar refractivity (Wildman–Crippen MR) is 55.7 cm³/mol. The molecule has 0 saturated carbocycles. The first-order valence-electron chi connectivity index (χ1n) is 4.49. The Morgan fingerprint density at radius 3 is 2.44 bits per heavy atom. The lowest BCUT2D eigenvalue weighted by atomic mass is 10.2. The zero-order valence-electron chi connectivity index (χ0n) is 8.54. The fourth-order valence-corrected chi connectivity index (χ4v) is 1.94. The second-order valence-corrected chi connectivity index (χ2v) is 4.77. The highest BCUT2D eigenvalue weighted by molar-refractivity contribution is 7.86. The van der Waals surface area contributed by atoms with Gasteiger partial charge < -0.3 is 9.47 Å². The SMILES string of the molecule is COS(=O)(=O)c1ccc(C2=COCO2)cc1. The Kier molecular flexibility index (Phi) is 2.84. The van der Waals surface area contributed by atoms with Crippen LogP contribution in [-0.2, 0) is 23.8 Å². The van der Waals surface area contributed by atoms with E-state index in [0.717, 1.165) is 12.7 Å². The number of hydrogen-bond acceptors (Lipinski definition) is 5. The highest BCUT2D eigenvalue weighted by atomic mass is 32.2. The maximum absolute atomic E-state index is 11.3. The van der Waals surface area contributed by atoms with Gasteiger partial charge in [0.1, 0.15) is 6.26 Å². The smallest absolute Gasteiger partial charge is 0.296 e. The zero-order valence-corrected chi connectivity index (χ0v) is 9.36. The normalized spacial score (nSPS) is 15.2. The van der Waals surface area contributed by atoms with Crippen LogP contribution in [0.3, 0.4) is 0 Å². The average molecular weight is 242 g/mol. The van der Waals surface area contributed by atoms with E-state index in [-0.39, 0.29) is 11.7 Å². The first-order chi connectivity index (χ1) is 7.63. The van der Waals surface area contributed by atoms with E-state index in [1.165, 1.54) is 18.4 Å². The Bertz CT molecular complexity index is 501. The largest absolute Gasteiger partial charge is 0.461 e. The minimum Gasteiger partial charge on any atom is -0.461 e. The lowest BCUT2D eigenvalue weighted by Crippen LogP contribution is -2.02. The van der Waals surface area contributed by atoms with Gasteiger partial charge in [0, 0.05) is 5.56 Å². The maximum atomic E-state index is 11.3. The van der Waals surface area contributed by atoms with Gasteiger partial charge in [0.25, 0.3) is 10.1 Å². The van der Waals surface area contributed by atoms with Gasteiger partial charge in [-0.3, -0.25) is 4.18 Å². The van der Waals surface area contributed by atoms with Crippen molar-refractivity contribution in [3.63, 3.8) is 0 Å². The van der Waals surface area contributed by atoms with Crippen LogP contribution in [0.2, 0.25) is 0 Å². The van der Waals surface area contributed by atoms with Gasteiger partial charge in [0.2, 0.25) is 6.79 Å². The van der Waals surface area contributed by atoms with Crippen molar-refractivity contribution in [2.45, 2.75) is 4.90 Å². The summed E-state index contributed by atoms with van der Waals surface area (Å²) in [7, 11) is -2.51. The molecule has 1 aliphatic heterocycles. The summed E-state index contributed by atoms with van der Waals surface area (Å²) in [4.78, 5) is 0.110. The van der Waals surface area contributed by atoms with Gasteiger partial charge in [0.15, 0.2) is 5.76 Å². The molecular weight excluding hydrogens is 232 g/mol. The fourth-order valence-electron chi connectivity index (χ4n) is 1.27. The molecule has 1 aromatic rings. The molecule has 0 unspecified atom stereocenters. The van der Waals surface area contributed by atoms with Gasteiger partial charge in [-0.25, -0.2) is 0 Å². The Labute approximate surface area is 93.4 Å². The van der Waals surface area contributed by atoms with E-state index >= 15 is 0 Å². The monoisotopic (exact) mass is 242 g/mol. The third-order valence-electron chi connectivity index (χ3n) is 2.12. The molecular formula is C10H10O5S. The van der Waals surface area contributed by atoms with Crippen LogP contribution >= 0.6 is 0 Å². The minimum atomic E-state index is -3.63. The zero-order chi connectivity index (χ0) is 11.6. The third-order valence-corrected chi connectivity index (χ3v) is 3.41. The molecule has 0 amide bonds. The van der Waals surface area contributed by atoms with E-state index in [1.807, 2.05) is 0 Å². The van der Waals surface area contributed by atoms with Crippen LogP contribution in [0, 0.1) is 0 Å². The molecule has 2 rings (SSSR count). The average Bonchev–Trinajstić information content (AvgIpc) is 2.83.